The highest BCUT2D eigenvalue weighted by Crippen LogP contribution is 2.26. The fourth-order valence-electron chi connectivity index (χ4n) is 7.71. The topological polar surface area (TPSA) is 319 Å². The summed E-state index contributed by atoms with van der Waals surface area (Å²) in [5.41, 5.74) is 7.07. The average Bonchev–Trinajstić information content (AvgIpc) is 3.85. The minimum absolute atomic E-state index is 0.0940. The third-order valence-electron chi connectivity index (χ3n) is 11.4. The molecule has 2 saturated heterocycles. The summed E-state index contributed by atoms with van der Waals surface area (Å²) in [4.78, 5) is 97.3. The van der Waals surface area contributed by atoms with Crippen molar-refractivity contribution in [2.75, 3.05) is 25.2 Å². The van der Waals surface area contributed by atoms with Gasteiger partial charge in [-0.05, 0) is 67.7 Å². The molecule has 12 N–H and O–H groups in total. The highest BCUT2D eigenvalue weighted by Gasteiger charge is 2.51. The van der Waals surface area contributed by atoms with Crippen LogP contribution in [-0.4, -0.2) is 164 Å². The van der Waals surface area contributed by atoms with Crippen LogP contribution in [-0.2, 0) is 51.1 Å². The SMILES string of the molecule is CSCC[C@H](NC(=O)[C@H](CC(C)C)NC(=O)[C@@H]1CCCN1)C(=O)N(C(=O)[C@H](Cc1ccccc1)NC(=O)[C@H](Cc1ccccc1)NC(=O)[C@@H](N)CCC(=O)O)[C@@H]1O[C@H](CO)[C@@H](O)[C@H](O)[C@H]1O. The van der Waals surface area contributed by atoms with Gasteiger partial charge in [0.05, 0.1) is 18.7 Å². The van der Waals surface area contributed by atoms with Crippen molar-refractivity contribution in [1.82, 2.24) is 31.5 Å². The molecule has 0 saturated carbocycles. The second-order valence-corrected chi connectivity index (χ2v) is 18.0. The monoisotopic (exact) mass is 943 g/mol. The molecule has 11 atom stereocenters. The van der Waals surface area contributed by atoms with Crippen molar-refractivity contribution in [2.24, 2.45) is 11.7 Å². The first kappa shape index (κ1) is 53.6. The molecule has 66 heavy (non-hydrogen) atoms. The summed E-state index contributed by atoms with van der Waals surface area (Å²) >= 11 is 1.31. The number of nitrogens with zero attached hydrogens (tertiary/aromatic N) is 1. The van der Waals surface area contributed by atoms with Crippen molar-refractivity contribution >= 4 is 53.2 Å². The van der Waals surface area contributed by atoms with Crippen molar-refractivity contribution in [2.45, 2.75) is 132 Å². The first-order valence-electron chi connectivity index (χ1n) is 22.1. The van der Waals surface area contributed by atoms with Gasteiger partial charge in [0.25, 0.3) is 11.8 Å². The number of amides is 6. The predicted octanol–water partition coefficient (Wildman–Crippen LogP) is -1.69. The molecule has 0 aliphatic carbocycles. The molecular weight excluding hydrogens is 879 g/mol. The molecule has 4 rings (SSSR count). The van der Waals surface area contributed by atoms with Crippen LogP contribution in [0, 0.1) is 5.92 Å². The highest BCUT2D eigenvalue weighted by molar-refractivity contribution is 7.98. The number of hydrogen-bond donors (Lipinski definition) is 11. The van der Waals surface area contributed by atoms with Crippen molar-refractivity contribution in [1.29, 1.82) is 0 Å². The van der Waals surface area contributed by atoms with E-state index >= 15 is 9.59 Å². The van der Waals surface area contributed by atoms with Crippen LogP contribution in [0.3, 0.4) is 0 Å². The van der Waals surface area contributed by atoms with E-state index in [-0.39, 0.29) is 43.8 Å². The molecule has 0 radical (unpaired) electrons. The normalized spacial score (nSPS) is 22.8. The first-order valence-corrected chi connectivity index (χ1v) is 23.5. The lowest BCUT2D eigenvalue weighted by Gasteiger charge is -2.45. The van der Waals surface area contributed by atoms with Crippen molar-refractivity contribution in [3.8, 4) is 0 Å². The summed E-state index contributed by atoms with van der Waals surface area (Å²) in [6.45, 7) is 3.40. The Morgan fingerprint density at radius 1 is 0.773 bits per heavy atom. The first-order chi connectivity index (χ1) is 31.4. The fraction of sp³-hybridized carbons (Fsp3) is 0.578. The van der Waals surface area contributed by atoms with E-state index in [0.29, 0.717) is 29.0 Å². The van der Waals surface area contributed by atoms with Gasteiger partial charge in [-0.15, -0.1) is 0 Å². The van der Waals surface area contributed by atoms with E-state index < -0.39 is 121 Å². The van der Waals surface area contributed by atoms with Crippen LogP contribution in [0.4, 0.5) is 0 Å². The molecule has 2 aliphatic rings. The fourth-order valence-corrected chi connectivity index (χ4v) is 8.18. The minimum atomic E-state index is -2.18. The molecule has 2 fully saturated rings. The Morgan fingerprint density at radius 3 is 1.88 bits per heavy atom. The number of aliphatic hydroxyl groups is 4. The lowest BCUT2D eigenvalue weighted by atomic mass is 9.96. The maximum atomic E-state index is 15.3. The van der Waals surface area contributed by atoms with Crippen molar-refractivity contribution < 1.29 is 63.8 Å². The second kappa shape index (κ2) is 26.4. The number of rotatable bonds is 24. The largest absolute Gasteiger partial charge is 0.481 e. The summed E-state index contributed by atoms with van der Waals surface area (Å²) < 4.78 is 5.82. The predicted molar refractivity (Wildman–Crippen MR) is 242 cm³/mol. The Morgan fingerprint density at radius 2 is 1.33 bits per heavy atom. The Kier molecular flexibility index (Phi) is 21.4. The molecule has 2 aromatic rings. The molecule has 6 amide bonds. The van der Waals surface area contributed by atoms with Gasteiger partial charge in [0.2, 0.25) is 23.6 Å². The number of carboxylic acids is 1. The van der Waals surface area contributed by atoms with E-state index in [1.54, 1.807) is 66.9 Å². The number of carbonyl (C=O) groups excluding carboxylic acids is 6. The molecule has 2 aromatic carbocycles. The van der Waals surface area contributed by atoms with E-state index in [9.17, 15) is 44.4 Å². The zero-order valence-electron chi connectivity index (χ0n) is 37.4. The quantitative estimate of drug-likeness (QED) is 0.0560. The van der Waals surface area contributed by atoms with Gasteiger partial charge >= 0.3 is 5.97 Å². The van der Waals surface area contributed by atoms with E-state index in [0.717, 1.165) is 6.42 Å². The van der Waals surface area contributed by atoms with Crippen LogP contribution in [0.5, 0.6) is 0 Å². The number of ether oxygens (including phenoxy) is 1. The van der Waals surface area contributed by atoms with Crippen LogP contribution in [0.2, 0.25) is 0 Å². The molecule has 2 aliphatic heterocycles. The Balaban J connectivity index is 1.79. The van der Waals surface area contributed by atoms with Gasteiger partial charge < -0.3 is 62.6 Å². The lowest BCUT2D eigenvalue weighted by Crippen LogP contribution is -2.69. The molecule has 364 valence electrons. The van der Waals surface area contributed by atoms with Gasteiger partial charge in [0.1, 0.15) is 48.6 Å². The number of imide groups is 1. The van der Waals surface area contributed by atoms with Gasteiger partial charge in [0.15, 0.2) is 6.23 Å². The summed E-state index contributed by atoms with van der Waals surface area (Å²) in [5, 5.41) is 66.3. The van der Waals surface area contributed by atoms with Gasteiger partial charge in [-0.3, -0.25) is 33.6 Å². The molecule has 21 heteroatoms. The van der Waals surface area contributed by atoms with Crippen LogP contribution < -0.4 is 32.3 Å². The van der Waals surface area contributed by atoms with Gasteiger partial charge in [-0.1, -0.05) is 74.5 Å². The third-order valence-corrected chi connectivity index (χ3v) is 12.0. The highest BCUT2D eigenvalue weighted by atomic mass is 32.2. The molecule has 2 heterocycles. The molecule has 0 aromatic heterocycles. The Labute approximate surface area is 388 Å². The number of nitrogens with two attached hydrogens (primary N) is 1. The van der Waals surface area contributed by atoms with E-state index in [1.165, 1.54) is 11.8 Å². The number of carbonyl (C=O) groups is 7. The van der Waals surface area contributed by atoms with Crippen LogP contribution in [0.25, 0.3) is 0 Å². The van der Waals surface area contributed by atoms with E-state index in [1.807, 2.05) is 13.8 Å². The lowest BCUT2D eigenvalue weighted by molar-refractivity contribution is -0.260. The Hall–Kier alpha value is -5.00. The summed E-state index contributed by atoms with van der Waals surface area (Å²) in [6, 6.07) is 9.23. The zero-order valence-corrected chi connectivity index (χ0v) is 38.2. The molecule has 20 nitrogen and oxygen atoms in total. The molecule has 0 unspecified atom stereocenters. The summed E-state index contributed by atoms with van der Waals surface area (Å²) in [7, 11) is 0. The number of nitrogens with one attached hydrogen (secondary N) is 5. The van der Waals surface area contributed by atoms with E-state index in [4.69, 9.17) is 15.6 Å². The average molecular weight is 944 g/mol. The van der Waals surface area contributed by atoms with Gasteiger partial charge in [-0.25, -0.2) is 4.90 Å². The number of thioether (sulfide) groups is 1. The number of carboxylic acid groups (broad SMARTS) is 1. The van der Waals surface area contributed by atoms with Crippen molar-refractivity contribution in [3.05, 3.63) is 71.8 Å². The second-order valence-electron chi connectivity index (χ2n) is 17.0. The van der Waals surface area contributed by atoms with Crippen LogP contribution in [0.15, 0.2) is 60.7 Å². The molecule has 0 spiro atoms. The maximum absolute atomic E-state index is 15.3. The smallest absolute Gasteiger partial charge is 0.303 e. The van der Waals surface area contributed by atoms with Gasteiger partial charge in [-0.2, -0.15) is 11.8 Å². The Bertz CT molecular complexity index is 1930. The zero-order chi connectivity index (χ0) is 48.5. The molecule has 0 bridgehead atoms. The summed E-state index contributed by atoms with van der Waals surface area (Å²) in [6.07, 6.45) is -7.76. The maximum Gasteiger partial charge on any atom is 0.303 e. The third kappa shape index (κ3) is 15.5. The number of aliphatic carboxylic acids is 1. The standard InChI is InChI=1S/C45H65N7O13S/c1-25(2)21-31(50-40(60)29-15-10-19-47-29)41(61)48-30(18-20-66-3)43(63)52(45-38(58)37(57)36(56)34(24-53)65-45)44(64)33(23-27-13-8-5-9-14-27)51-42(62)32(22-26-11-6-4-7-12-26)49-39(59)28(46)16-17-35(54)55/h4-9,11-14,25,28-34,36-38,45,47,53,56-58H,10,15-24,46H2,1-3H3,(H,48,61)(H,49,59)(H,50,60)(H,51,62)(H,54,55)/t28-,29-,30-,31-,32-,33-,34+,36+,37-,38+,45+/m0/s1. The number of benzene rings is 2. The summed E-state index contributed by atoms with van der Waals surface area (Å²) in [5.74, 6) is -6.31. The number of hydrogen-bond acceptors (Lipinski definition) is 15. The number of aliphatic hydroxyl groups excluding tert-OH is 4. The molecular formula is C45H65N7O13S. The van der Waals surface area contributed by atoms with Crippen molar-refractivity contribution in [3.63, 3.8) is 0 Å². The van der Waals surface area contributed by atoms with Crippen LogP contribution >= 0.6 is 11.8 Å². The van der Waals surface area contributed by atoms with E-state index in [2.05, 4.69) is 26.6 Å². The van der Waals surface area contributed by atoms with Crippen LogP contribution in [0.1, 0.15) is 63.5 Å². The van der Waals surface area contributed by atoms with Gasteiger partial charge in [0, 0.05) is 19.3 Å². The minimum Gasteiger partial charge on any atom is -0.481 e.